The fourth-order valence-electron chi connectivity index (χ4n) is 1.97. The molecule has 0 saturated carbocycles. The molecular formula is C14H20O2. The number of ether oxygens (including phenoxy) is 2. The summed E-state index contributed by atoms with van der Waals surface area (Å²) in [4.78, 5) is 0. The number of hydrogen-bond acceptors (Lipinski definition) is 2. The summed E-state index contributed by atoms with van der Waals surface area (Å²) in [6, 6.07) is 10.3. The Balaban J connectivity index is 1.75. The van der Waals surface area contributed by atoms with Crippen LogP contribution in [0.25, 0.3) is 0 Å². The Bertz CT molecular complexity index is 276. The quantitative estimate of drug-likeness (QED) is 0.779. The molecule has 2 heteroatoms. The second-order valence-corrected chi connectivity index (χ2v) is 4.34. The molecule has 1 aromatic rings. The average molecular weight is 220 g/mol. The van der Waals surface area contributed by atoms with E-state index in [1.807, 2.05) is 18.2 Å². The van der Waals surface area contributed by atoms with Gasteiger partial charge in [0.2, 0.25) is 0 Å². The van der Waals surface area contributed by atoms with Crippen molar-refractivity contribution in [1.29, 1.82) is 0 Å². The van der Waals surface area contributed by atoms with E-state index < -0.39 is 0 Å². The standard InChI is InChI=1S/C14H20O2/c1-3-7-13(8-4-1)11-16-14-9-5-2-6-10-15-12-14/h1,3-4,7-8,14H,2,5-6,9-12H2. The SMILES string of the molecule is c1ccc(COC2CCCCCOC2)cc1. The van der Waals surface area contributed by atoms with E-state index >= 15 is 0 Å². The van der Waals surface area contributed by atoms with Crippen molar-refractivity contribution in [2.75, 3.05) is 13.2 Å². The summed E-state index contributed by atoms with van der Waals surface area (Å²) < 4.78 is 11.4. The Hall–Kier alpha value is -0.860. The molecule has 0 aromatic heterocycles. The number of benzene rings is 1. The second kappa shape index (κ2) is 6.66. The third-order valence-electron chi connectivity index (χ3n) is 2.95. The van der Waals surface area contributed by atoms with Crippen LogP contribution in [0.1, 0.15) is 31.2 Å². The molecule has 1 saturated heterocycles. The maximum absolute atomic E-state index is 5.88. The van der Waals surface area contributed by atoms with Crippen LogP contribution in [-0.2, 0) is 16.1 Å². The van der Waals surface area contributed by atoms with Crippen LogP contribution in [0, 0.1) is 0 Å². The molecule has 1 atom stereocenters. The van der Waals surface area contributed by atoms with Crippen molar-refractivity contribution < 1.29 is 9.47 Å². The predicted octanol–water partition coefficient (Wildman–Crippen LogP) is 3.16. The third kappa shape index (κ3) is 3.95. The van der Waals surface area contributed by atoms with Crippen molar-refractivity contribution >= 4 is 0 Å². The van der Waals surface area contributed by atoms with Gasteiger partial charge in [0.15, 0.2) is 0 Å². The minimum Gasteiger partial charge on any atom is -0.379 e. The van der Waals surface area contributed by atoms with Crippen molar-refractivity contribution in [3.63, 3.8) is 0 Å². The first-order valence-corrected chi connectivity index (χ1v) is 6.18. The molecule has 1 aromatic carbocycles. The van der Waals surface area contributed by atoms with E-state index in [1.54, 1.807) is 0 Å². The van der Waals surface area contributed by atoms with Crippen LogP contribution in [-0.4, -0.2) is 19.3 Å². The molecule has 2 nitrogen and oxygen atoms in total. The van der Waals surface area contributed by atoms with Gasteiger partial charge in [-0.1, -0.05) is 43.2 Å². The zero-order valence-corrected chi connectivity index (χ0v) is 9.73. The zero-order valence-electron chi connectivity index (χ0n) is 9.73. The largest absolute Gasteiger partial charge is 0.379 e. The minimum absolute atomic E-state index is 0.278. The molecule has 1 fully saturated rings. The monoisotopic (exact) mass is 220 g/mol. The van der Waals surface area contributed by atoms with Crippen LogP contribution in [0.4, 0.5) is 0 Å². The summed E-state index contributed by atoms with van der Waals surface area (Å²) >= 11 is 0. The van der Waals surface area contributed by atoms with Crippen LogP contribution >= 0.6 is 0 Å². The molecule has 1 unspecified atom stereocenters. The summed E-state index contributed by atoms with van der Waals surface area (Å²) in [6.07, 6.45) is 5.15. The summed E-state index contributed by atoms with van der Waals surface area (Å²) in [5.41, 5.74) is 1.24. The van der Waals surface area contributed by atoms with Gasteiger partial charge in [0, 0.05) is 6.61 Å². The van der Waals surface area contributed by atoms with Gasteiger partial charge in [-0.3, -0.25) is 0 Å². The molecule has 0 bridgehead atoms. The van der Waals surface area contributed by atoms with Crippen LogP contribution in [0.15, 0.2) is 30.3 Å². The average Bonchev–Trinajstić information content (AvgIpc) is 2.29. The van der Waals surface area contributed by atoms with Crippen molar-refractivity contribution in [3.8, 4) is 0 Å². The lowest BCUT2D eigenvalue weighted by molar-refractivity contribution is -0.0369. The molecule has 88 valence electrons. The highest BCUT2D eigenvalue weighted by Crippen LogP contribution is 2.13. The van der Waals surface area contributed by atoms with E-state index in [1.165, 1.54) is 24.8 Å². The molecule has 1 aliphatic heterocycles. The summed E-state index contributed by atoms with van der Waals surface area (Å²) in [6.45, 7) is 2.35. The molecule has 1 heterocycles. The zero-order chi connectivity index (χ0) is 11.1. The Morgan fingerprint density at radius 2 is 2.00 bits per heavy atom. The molecule has 0 spiro atoms. The van der Waals surface area contributed by atoms with Gasteiger partial charge < -0.3 is 9.47 Å². The highest BCUT2D eigenvalue weighted by atomic mass is 16.5. The number of hydrogen-bond donors (Lipinski definition) is 0. The molecule has 2 rings (SSSR count). The van der Waals surface area contributed by atoms with E-state index in [-0.39, 0.29) is 6.10 Å². The van der Waals surface area contributed by atoms with Crippen LogP contribution in [0.5, 0.6) is 0 Å². The smallest absolute Gasteiger partial charge is 0.0813 e. The van der Waals surface area contributed by atoms with E-state index in [0.29, 0.717) is 6.61 Å². The second-order valence-electron chi connectivity index (χ2n) is 4.34. The van der Waals surface area contributed by atoms with Gasteiger partial charge >= 0.3 is 0 Å². The third-order valence-corrected chi connectivity index (χ3v) is 2.95. The topological polar surface area (TPSA) is 18.5 Å². The van der Waals surface area contributed by atoms with E-state index in [2.05, 4.69) is 12.1 Å². The Morgan fingerprint density at radius 3 is 2.88 bits per heavy atom. The Kier molecular flexibility index (Phi) is 4.84. The fourth-order valence-corrected chi connectivity index (χ4v) is 1.97. The lowest BCUT2D eigenvalue weighted by Gasteiger charge is -2.20. The minimum atomic E-state index is 0.278. The maximum Gasteiger partial charge on any atom is 0.0813 e. The van der Waals surface area contributed by atoms with Crippen molar-refractivity contribution in [3.05, 3.63) is 35.9 Å². The first-order valence-electron chi connectivity index (χ1n) is 6.18. The molecule has 1 aliphatic rings. The van der Waals surface area contributed by atoms with Gasteiger partial charge in [-0.25, -0.2) is 0 Å². The van der Waals surface area contributed by atoms with Crippen LogP contribution in [0.2, 0.25) is 0 Å². The summed E-state index contributed by atoms with van der Waals surface area (Å²) in [5, 5.41) is 0. The van der Waals surface area contributed by atoms with Gasteiger partial charge in [0.25, 0.3) is 0 Å². The lowest BCUT2D eigenvalue weighted by atomic mass is 10.1. The predicted molar refractivity (Wildman–Crippen MR) is 64.3 cm³/mol. The van der Waals surface area contributed by atoms with E-state index in [0.717, 1.165) is 19.6 Å². The normalized spacial score (nSPS) is 22.4. The maximum atomic E-state index is 5.88. The first-order chi connectivity index (χ1) is 7.95. The lowest BCUT2D eigenvalue weighted by Crippen LogP contribution is -2.22. The highest BCUT2D eigenvalue weighted by molar-refractivity contribution is 5.13. The van der Waals surface area contributed by atoms with Crippen molar-refractivity contribution in [2.24, 2.45) is 0 Å². The number of rotatable bonds is 3. The van der Waals surface area contributed by atoms with Gasteiger partial charge in [0.1, 0.15) is 0 Å². The molecule has 0 aliphatic carbocycles. The van der Waals surface area contributed by atoms with Gasteiger partial charge in [-0.2, -0.15) is 0 Å². The highest BCUT2D eigenvalue weighted by Gasteiger charge is 2.11. The van der Waals surface area contributed by atoms with Crippen LogP contribution < -0.4 is 0 Å². The summed E-state index contributed by atoms with van der Waals surface area (Å²) in [7, 11) is 0. The Labute approximate surface area is 97.6 Å². The molecule has 0 N–H and O–H groups in total. The molecule has 0 radical (unpaired) electrons. The first kappa shape index (κ1) is 11.6. The van der Waals surface area contributed by atoms with E-state index in [9.17, 15) is 0 Å². The fraction of sp³-hybridized carbons (Fsp3) is 0.571. The summed E-state index contributed by atoms with van der Waals surface area (Å²) in [5.74, 6) is 0. The molecule has 0 amide bonds. The van der Waals surface area contributed by atoms with Gasteiger partial charge in [-0.15, -0.1) is 0 Å². The Morgan fingerprint density at radius 1 is 1.12 bits per heavy atom. The van der Waals surface area contributed by atoms with Crippen molar-refractivity contribution in [2.45, 2.75) is 38.4 Å². The van der Waals surface area contributed by atoms with Crippen molar-refractivity contribution in [1.82, 2.24) is 0 Å². The van der Waals surface area contributed by atoms with Crippen LogP contribution in [0.3, 0.4) is 0 Å². The molecular weight excluding hydrogens is 200 g/mol. The molecule has 16 heavy (non-hydrogen) atoms. The van der Waals surface area contributed by atoms with Gasteiger partial charge in [-0.05, 0) is 18.4 Å². The van der Waals surface area contributed by atoms with Gasteiger partial charge in [0.05, 0.1) is 19.3 Å². The van der Waals surface area contributed by atoms with E-state index in [4.69, 9.17) is 9.47 Å².